The molecule has 1 aromatic carbocycles. The maximum absolute atomic E-state index is 10.8. The zero-order chi connectivity index (χ0) is 10.7. The average Bonchev–Trinajstić information content (AvgIpc) is 2.16. The predicted molar refractivity (Wildman–Crippen MR) is 51.8 cm³/mol. The van der Waals surface area contributed by atoms with Crippen LogP contribution in [-0.2, 0) is 0 Å². The highest BCUT2D eigenvalue weighted by Gasteiger charge is 2.22. The van der Waals surface area contributed by atoms with Crippen LogP contribution in [0.25, 0.3) is 0 Å². The van der Waals surface area contributed by atoms with Crippen molar-refractivity contribution >= 4 is 23.4 Å². The van der Waals surface area contributed by atoms with Crippen LogP contribution in [0.4, 0.5) is 5.69 Å². The highest BCUT2D eigenvalue weighted by molar-refractivity contribution is 7.98. The van der Waals surface area contributed by atoms with E-state index in [4.69, 9.17) is 5.11 Å². The van der Waals surface area contributed by atoms with Gasteiger partial charge in [0.05, 0.1) is 4.92 Å². The summed E-state index contributed by atoms with van der Waals surface area (Å²) in [5.74, 6) is -1.28. The van der Waals surface area contributed by atoms with E-state index in [9.17, 15) is 14.9 Å². The SMILES string of the molecule is CSc1cccc([N+](=O)[O-])c1C(=O)O. The molecule has 0 heterocycles. The molecule has 0 saturated carbocycles. The van der Waals surface area contributed by atoms with Gasteiger partial charge in [-0.2, -0.15) is 0 Å². The first-order valence-corrected chi connectivity index (χ1v) is 4.85. The van der Waals surface area contributed by atoms with Gasteiger partial charge in [0.2, 0.25) is 0 Å². The van der Waals surface area contributed by atoms with Gasteiger partial charge in [0.15, 0.2) is 5.56 Å². The Morgan fingerprint density at radius 1 is 1.57 bits per heavy atom. The number of hydrogen-bond donors (Lipinski definition) is 1. The molecule has 0 radical (unpaired) electrons. The molecule has 5 nitrogen and oxygen atoms in total. The van der Waals surface area contributed by atoms with Crippen LogP contribution in [0.1, 0.15) is 10.4 Å². The van der Waals surface area contributed by atoms with E-state index in [0.29, 0.717) is 4.90 Å². The molecule has 0 atom stereocenters. The van der Waals surface area contributed by atoms with Gasteiger partial charge in [0, 0.05) is 11.0 Å². The Morgan fingerprint density at radius 2 is 2.21 bits per heavy atom. The van der Waals surface area contributed by atoms with Crippen molar-refractivity contribution in [1.82, 2.24) is 0 Å². The van der Waals surface area contributed by atoms with E-state index < -0.39 is 10.9 Å². The fourth-order valence-corrected chi connectivity index (χ4v) is 1.67. The number of nitrogens with zero attached hydrogens (tertiary/aromatic N) is 1. The van der Waals surface area contributed by atoms with Crippen LogP contribution < -0.4 is 0 Å². The molecule has 0 saturated heterocycles. The van der Waals surface area contributed by atoms with Gasteiger partial charge in [-0.05, 0) is 12.3 Å². The van der Waals surface area contributed by atoms with E-state index in [-0.39, 0.29) is 11.3 Å². The lowest BCUT2D eigenvalue weighted by atomic mass is 10.2. The molecular formula is C8H7NO4S. The average molecular weight is 213 g/mol. The van der Waals surface area contributed by atoms with E-state index in [1.54, 1.807) is 12.3 Å². The number of benzene rings is 1. The Labute approximate surface area is 83.9 Å². The summed E-state index contributed by atoms with van der Waals surface area (Å²) in [6.07, 6.45) is 1.67. The second kappa shape index (κ2) is 4.10. The van der Waals surface area contributed by atoms with Crippen molar-refractivity contribution in [3.8, 4) is 0 Å². The first-order chi connectivity index (χ1) is 6.57. The predicted octanol–water partition coefficient (Wildman–Crippen LogP) is 2.01. The molecule has 1 rings (SSSR count). The normalized spacial score (nSPS) is 9.79. The van der Waals surface area contributed by atoms with Crippen LogP contribution >= 0.6 is 11.8 Å². The maximum atomic E-state index is 10.8. The molecule has 14 heavy (non-hydrogen) atoms. The van der Waals surface area contributed by atoms with Gasteiger partial charge in [0.1, 0.15) is 0 Å². The van der Waals surface area contributed by atoms with Crippen molar-refractivity contribution in [3.63, 3.8) is 0 Å². The summed E-state index contributed by atoms with van der Waals surface area (Å²) in [5, 5.41) is 19.3. The van der Waals surface area contributed by atoms with Crippen molar-refractivity contribution in [1.29, 1.82) is 0 Å². The summed E-state index contributed by atoms with van der Waals surface area (Å²) in [6, 6.07) is 4.20. The van der Waals surface area contributed by atoms with E-state index >= 15 is 0 Å². The molecule has 0 aliphatic carbocycles. The Hall–Kier alpha value is -1.56. The monoisotopic (exact) mass is 213 g/mol. The zero-order valence-electron chi connectivity index (χ0n) is 7.26. The molecule has 0 aliphatic heterocycles. The number of aromatic carboxylic acids is 1. The quantitative estimate of drug-likeness (QED) is 0.472. The van der Waals surface area contributed by atoms with Crippen LogP contribution in [0.2, 0.25) is 0 Å². The topological polar surface area (TPSA) is 80.4 Å². The van der Waals surface area contributed by atoms with Crippen LogP contribution in [0.15, 0.2) is 23.1 Å². The van der Waals surface area contributed by atoms with Crippen molar-refractivity contribution in [2.75, 3.05) is 6.26 Å². The lowest BCUT2D eigenvalue weighted by molar-refractivity contribution is -0.385. The molecule has 1 aromatic rings. The minimum Gasteiger partial charge on any atom is -0.477 e. The van der Waals surface area contributed by atoms with Crippen LogP contribution in [0.5, 0.6) is 0 Å². The summed E-state index contributed by atoms with van der Waals surface area (Å²) < 4.78 is 0. The lowest BCUT2D eigenvalue weighted by Gasteiger charge is -2.02. The molecule has 6 heteroatoms. The molecule has 0 bridgehead atoms. The third-order valence-electron chi connectivity index (χ3n) is 1.63. The third-order valence-corrected chi connectivity index (χ3v) is 2.41. The summed E-state index contributed by atoms with van der Waals surface area (Å²) in [7, 11) is 0. The van der Waals surface area contributed by atoms with E-state index in [2.05, 4.69) is 0 Å². The molecule has 74 valence electrons. The fourth-order valence-electron chi connectivity index (χ4n) is 1.06. The first-order valence-electron chi connectivity index (χ1n) is 3.62. The summed E-state index contributed by atoms with van der Waals surface area (Å²) in [6.45, 7) is 0. The molecule has 0 aromatic heterocycles. The standard InChI is InChI=1S/C8H7NO4S/c1-14-6-4-2-3-5(9(12)13)7(6)8(10)11/h2-4H,1H3,(H,10,11). The number of thioether (sulfide) groups is 1. The maximum Gasteiger partial charge on any atom is 0.343 e. The second-order valence-corrected chi connectivity index (χ2v) is 3.26. The molecular weight excluding hydrogens is 206 g/mol. The largest absolute Gasteiger partial charge is 0.477 e. The van der Waals surface area contributed by atoms with E-state index in [1.165, 1.54) is 23.9 Å². The number of nitro benzene ring substituents is 1. The molecule has 0 aliphatic rings. The van der Waals surface area contributed by atoms with Crippen molar-refractivity contribution in [2.45, 2.75) is 4.90 Å². The number of carboxylic acids is 1. The third kappa shape index (κ3) is 1.85. The lowest BCUT2D eigenvalue weighted by Crippen LogP contribution is -2.04. The molecule has 1 N–H and O–H groups in total. The highest BCUT2D eigenvalue weighted by Crippen LogP contribution is 2.28. The van der Waals surface area contributed by atoms with Gasteiger partial charge >= 0.3 is 5.97 Å². The van der Waals surface area contributed by atoms with Crippen molar-refractivity contribution in [3.05, 3.63) is 33.9 Å². The van der Waals surface area contributed by atoms with Gasteiger partial charge in [-0.25, -0.2) is 4.79 Å². The number of rotatable bonds is 3. The Bertz CT molecular complexity index is 391. The summed E-state index contributed by atoms with van der Waals surface area (Å²) in [4.78, 5) is 21.0. The number of carbonyl (C=O) groups is 1. The molecule has 0 amide bonds. The van der Waals surface area contributed by atoms with Gasteiger partial charge < -0.3 is 5.11 Å². The van der Waals surface area contributed by atoms with Crippen molar-refractivity contribution < 1.29 is 14.8 Å². The second-order valence-electron chi connectivity index (χ2n) is 2.42. The smallest absolute Gasteiger partial charge is 0.343 e. The van der Waals surface area contributed by atoms with E-state index in [0.717, 1.165) is 0 Å². The van der Waals surface area contributed by atoms with Gasteiger partial charge in [-0.1, -0.05) is 6.07 Å². The number of nitro groups is 1. The Kier molecular flexibility index (Phi) is 3.08. The minimum absolute atomic E-state index is 0.245. The molecule has 0 unspecified atom stereocenters. The summed E-state index contributed by atoms with van der Waals surface area (Å²) >= 11 is 1.17. The van der Waals surface area contributed by atoms with Gasteiger partial charge in [-0.15, -0.1) is 11.8 Å². The van der Waals surface area contributed by atoms with Gasteiger partial charge in [-0.3, -0.25) is 10.1 Å². The molecule has 0 fully saturated rings. The van der Waals surface area contributed by atoms with Crippen LogP contribution in [-0.4, -0.2) is 22.3 Å². The summed E-state index contributed by atoms with van der Waals surface area (Å²) in [5.41, 5.74) is -0.616. The van der Waals surface area contributed by atoms with Crippen LogP contribution in [0.3, 0.4) is 0 Å². The zero-order valence-corrected chi connectivity index (χ0v) is 8.08. The van der Waals surface area contributed by atoms with Gasteiger partial charge in [0.25, 0.3) is 5.69 Å². The number of carboxylic acid groups (broad SMARTS) is 1. The Morgan fingerprint density at radius 3 is 2.64 bits per heavy atom. The Balaban J connectivity index is 3.43. The minimum atomic E-state index is -1.28. The van der Waals surface area contributed by atoms with E-state index in [1.807, 2.05) is 0 Å². The number of hydrogen-bond acceptors (Lipinski definition) is 4. The van der Waals surface area contributed by atoms with Crippen molar-refractivity contribution in [2.24, 2.45) is 0 Å². The fraction of sp³-hybridized carbons (Fsp3) is 0.125. The molecule has 0 spiro atoms. The highest BCUT2D eigenvalue weighted by atomic mass is 32.2. The first kappa shape index (κ1) is 10.5. The van der Waals surface area contributed by atoms with Crippen LogP contribution in [0, 0.1) is 10.1 Å².